The lowest BCUT2D eigenvalue weighted by molar-refractivity contribution is -0.155. The van der Waals surface area contributed by atoms with E-state index in [4.69, 9.17) is 21.1 Å². The number of carbonyl (C=O) groups is 3. The Morgan fingerprint density at radius 1 is 1.11 bits per heavy atom. The fourth-order valence-corrected chi connectivity index (χ4v) is 2.35. The molecule has 7 heteroatoms. The highest BCUT2D eigenvalue weighted by atomic mass is 35.5. The molecule has 0 unspecified atom stereocenters. The lowest BCUT2D eigenvalue weighted by Crippen LogP contribution is -2.31. The Balaban J connectivity index is 1.85. The van der Waals surface area contributed by atoms with E-state index in [1.807, 2.05) is 13.0 Å². The average molecular weight is 390 g/mol. The summed E-state index contributed by atoms with van der Waals surface area (Å²) in [6.45, 7) is 4.42. The van der Waals surface area contributed by atoms with Crippen LogP contribution in [-0.4, -0.2) is 30.4 Å². The molecule has 2 aromatic carbocycles. The van der Waals surface area contributed by atoms with Crippen LogP contribution in [0.5, 0.6) is 5.75 Å². The maximum Gasteiger partial charge on any atom is 0.344 e. The van der Waals surface area contributed by atoms with E-state index < -0.39 is 18.0 Å². The molecule has 0 aliphatic carbocycles. The molecule has 0 aromatic heterocycles. The predicted octanol–water partition coefficient (Wildman–Crippen LogP) is 3.80. The Hall–Kier alpha value is -2.86. The van der Waals surface area contributed by atoms with Gasteiger partial charge in [-0.05, 0) is 62.7 Å². The van der Waals surface area contributed by atoms with E-state index in [2.05, 4.69) is 5.32 Å². The van der Waals surface area contributed by atoms with Crippen molar-refractivity contribution in [1.29, 1.82) is 0 Å². The number of hydrogen-bond donors (Lipinski definition) is 1. The maximum absolute atomic E-state index is 12.1. The number of nitrogens with one attached hydrogen (secondary N) is 1. The van der Waals surface area contributed by atoms with Gasteiger partial charge < -0.3 is 14.8 Å². The number of ketones is 1. The van der Waals surface area contributed by atoms with Crippen molar-refractivity contribution in [3.8, 4) is 5.75 Å². The van der Waals surface area contributed by atoms with Gasteiger partial charge in [-0.2, -0.15) is 0 Å². The molecule has 0 saturated heterocycles. The minimum absolute atomic E-state index is 0.0658. The molecular weight excluding hydrogens is 370 g/mol. The second-order valence-corrected chi connectivity index (χ2v) is 6.38. The second-order valence-electron chi connectivity index (χ2n) is 5.98. The zero-order chi connectivity index (χ0) is 20.0. The summed E-state index contributed by atoms with van der Waals surface area (Å²) in [5.74, 6) is -0.880. The molecule has 0 spiro atoms. The number of anilines is 1. The summed E-state index contributed by atoms with van der Waals surface area (Å²) in [6.07, 6.45) is -1.01. The van der Waals surface area contributed by atoms with Crippen LogP contribution in [0.1, 0.15) is 29.8 Å². The van der Waals surface area contributed by atoms with E-state index in [0.29, 0.717) is 22.0 Å². The molecular formula is C20H20ClNO5. The van der Waals surface area contributed by atoms with E-state index in [1.54, 1.807) is 36.4 Å². The highest BCUT2D eigenvalue weighted by molar-refractivity contribution is 6.32. The Labute approximate surface area is 162 Å². The van der Waals surface area contributed by atoms with Crippen LogP contribution in [0.4, 0.5) is 5.69 Å². The summed E-state index contributed by atoms with van der Waals surface area (Å²) < 4.78 is 10.4. The van der Waals surface area contributed by atoms with Gasteiger partial charge in [0.25, 0.3) is 5.91 Å². The fraction of sp³-hybridized carbons (Fsp3) is 0.250. The summed E-state index contributed by atoms with van der Waals surface area (Å²) in [5.41, 5.74) is 1.97. The molecule has 1 amide bonds. The number of amides is 1. The van der Waals surface area contributed by atoms with E-state index in [0.717, 1.165) is 5.56 Å². The smallest absolute Gasteiger partial charge is 0.344 e. The van der Waals surface area contributed by atoms with Crippen molar-refractivity contribution in [3.05, 3.63) is 58.6 Å². The topological polar surface area (TPSA) is 81.7 Å². The summed E-state index contributed by atoms with van der Waals surface area (Å²) >= 11 is 5.99. The van der Waals surface area contributed by atoms with Crippen LogP contribution in [0, 0.1) is 6.92 Å². The number of ether oxygens (including phenoxy) is 2. The van der Waals surface area contributed by atoms with Gasteiger partial charge in [-0.3, -0.25) is 9.59 Å². The fourth-order valence-electron chi connectivity index (χ4n) is 2.17. The molecule has 1 N–H and O–H groups in total. The zero-order valence-electron chi connectivity index (χ0n) is 15.2. The van der Waals surface area contributed by atoms with Gasteiger partial charge in [0.2, 0.25) is 0 Å². The highest BCUT2D eigenvalue weighted by Gasteiger charge is 2.18. The van der Waals surface area contributed by atoms with Crippen molar-refractivity contribution in [2.45, 2.75) is 26.9 Å². The Kier molecular flexibility index (Phi) is 6.96. The molecule has 0 fully saturated rings. The van der Waals surface area contributed by atoms with Crippen LogP contribution < -0.4 is 10.1 Å². The van der Waals surface area contributed by atoms with Crippen molar-refractivity contribution in [3.63, 3.8) is 0 Å². The third kappa shape index (κ3) is 6.11. The SMILES string of the molecule is CC(=O)c1ccc(NC(=O)[C@H](C)OC(=O)COc2cc(C)ccc2Cl)cc1. The number of halogens is 1. The van der Waals surface area contributed by atoms with Crippen LogP contribution in [0.3, 0.4) is 0 Å². The standard InChI is InChI=1S/C20H20ClNO5/c1-12-4-9-17(21)18(10-12)26-11-19(24)27-14(3)20(25)22-16-7-5-15(6-8-16)13(2)23/h4-10,14H,11H2,1-3H3,(H,22,25)/t14-/m0/s1. The Bertz CT molecular complexity index is 848. The van der Waals surface area contributed by atoms with Gasteiger partial charge in [-0.15, -0.1) is 0 Å². The van der Waals surface area contributed by atoms with Gasteiger partial charge >= 0.3 is 5.97 Å². The van der Waals surface area contributed by atoms with Gasteiger partial charge in [0, 0.05) is 11.3 Å². The largest absolute Gasteiger partial charge is 0.480 e. The van der Waals surface area contributed by atoms with Gasteiger partial charge in [0.1, 0.15) is 5.75 Å². The Morgan fingerprint density at radius 3 is 2.41 bits per heavy atom. The first-order chi connectivity index (χ1) is 12.8. The zero-order valence-corrected chi connectivity index (χ0v) is 16.0. The number of aryl methyl sites for hydroxylation is 1. The van der Waals surface area contributed by atoms with Gasteiger partial charge in [-0.1, -0.05) is 17.7 Å². The normalized spacial score (nSPS) is 11.4. The van der Waals surface area contributed by atoms with E-state index in [-0.39, 0.29) is 12.4 Å². The van der Waals surface area contributed by atoms with Crippen molar-refractivity contribution in [1.82, 2.24) is 0 Å². The molecule has 6 nitrogen and oxygen atoms in total. The summed E-state index contributed by atoms with van der Waals surface area (Å²) in [7, 11) is 0. The maximum atomic E-state index is 12.1. The minimum Gasteiger partial charge on any atom is -0.480 e. The second kappa shape index (κ2) is 9.19. The van der Waals surface area contributed by atoms with Crippen molar-refractivity contribution >= 4 is 34.9 Å². The van der Waals surface area contributed by atoms with Crippen LogP contribution in [0.15, 0.2) is 42.5 Å². The summed E-state index contributed by atoms with van der Waals surface area (Å²) in [6, 6.07) is 11.6. The molecule has 0 radical (unpaired) electrons. The van der Waals surface area contributed by atoms with Crippen molar-refractivity contribution in [2.24, 2.45) is 0 Å². The number of hydrogen-bond acceptors (Lipinski definition) is 5. The molecule has 2 rings (SSSR count). The molecule has 0 aliphatic rings. The number of benzene rings is 2. The number of rotatable bonds is 7. The quantitative estimate of drug-likeness (QED) is 0.575. The number of Topliss-reactive ketones (excluding diaryl/α,β-unsaturated/α-hetero) is 1. The highest BCUT2D eigenvalue weighted by Crippen LogP contribution is 2.25. The predicted molar refractivity (Wildman–Crippen MR) is 102 cm³/mol. The molecule has 142 valence electrons. The summed E-state index contributed by atoms with van der Waals surface area (Å²) in [4.78, 5) is 35.3. The monoisotopic (exact) mass is 389 g/mol. The Morgan fingerprint density at radius 2 is 1.78 bits per heavy atom. The van der Waals surface area contributed by atoms with Crippen LogP contribution in [0.25, 0.3) is 0 Å². The molecule has 0 saturated carbocycles. The van der Waals surface area contributed by atoms with Crippen LogP contribution in [0.2, 0.25) is 5.02 Å². The first-order valence-corrected chi connectivity index (χ1v) is 8.64. The molecule has 0 bridgehead atoms. The van der Waals surface area contributed by atoms with Gasteiger partial charge in [0.15, 0.2) is 18.5 Å². The first-order valence-electron chi connectivity index (χ1n) is 8.26. The third-order valence-corrected chi connectivity index (χ3v) is 3.98. The summed E-state index contributed by atoms with van der Waals surface area (Å²) in [5, 5.41) is 3.00. The number of esters is 1. The van der Waals surface area contributed by atoms with Crippen molar-refractivity contribution in [2.75, 3.05) is 11.9 Å². The average Bonchev–Trinajstić information content (AvgIpc) is 2.62. The lowest BCUT2D eigenvalue weighted by Gasteiger charge is -2.14. The minimum atomic E-state index is -1.01. The molecule has 27 heavy (non-hydrogen) atoms. The number of carbonyl (C=O) groups excluding carboxylic acids is 3. The molecule has 2 aromatic rings. The lowest BCUT2D eigenvalue weighted by atomic mass is 10.1. The first kappa shape index (κ1) is 20.5. The van der Waals surface area contributed by atoms with E-state index >= 15 is 0 Å². The van der Waals surface area contributed by atoms with E-state index in [1.165, 1.54) is 13.8 Å². The van der Waals surface area contributed by atoms with Crippen molar-refractivity contribution < 1.29 is 23.9 Å². The van der Waals surface area contributed by atoms with Gasteiger partial charge in [-0.25, -0.2) is 4.79 Å². The molecule has 1 atom stereocenters. The molecule has 0 heterocycles. The van der Waals surface area contributed by atoms with E-state index in [9.17, 15) is 14.4 Å². The van der Waals surface area contributed by atoms with Crippen LogP contribution >= 0.6 is 11.6 Å². The van der Waals surface area contributed by atoms with Gasteiger partial charge in [0.05, 0.1) is 5.02 Å². The molecule has 0 aliphatic heterocycles. The van der Waals surface area contributed by atoms with Crippen LogP contribution in [-0.2, 0) is 14.3 Å². The third-order valence-electron chi connectivity index (χ3n) is 3.67.